The third-order valence-corrected chi connectivity index (χ3v) is 1.36. The van der Waals surface area contributed by atoms with Gasteiger partial charge in [-0.3, -0.25) is 0 Å². The number of ether oxygens (including phenoxy) is 1. The summed E-state index contributed by atoms with van der Waals surface area (Å²) in [6.07, 6.45) is -5.05. The maximum atomic E-state index is 10.4. The summed E-state index contributed by atoms with van der Waals surface area (Å²) >= 11 is 0. The lowest BCUT2D eigenvalue weighted by Crippen LogP contribution is -2.35. The SMILES string of the molecule is O=C1O[C@H](C(=O)O)[C@@H](O)[C@@H]1O. The summed E-state index contributed by atoms with van der Waals surface area (Å²) in [5.74, 6) is -2.58. The molecule has 1 aliphatic heterocycles. The second kappa shape index (κ2) is 2.48. The number of rotatable bonds is 1. The normalized spacial score (nSPS) is 36.9. The quantitative estimate of drug-likeness (QED) is 0.375. The summed E-state index contributed by atoms with van der Waals surface area (Å²) in [6, 6.07) is 0. The third kappa shape index (κ3) is 1.17. The van der Waals surface area contributed by atoms with Crippen LogP contribution in [0.5, 0.6) is 0 Å². The van der Waals surface area contributed by atoms with E-state index in [1.54, 1.807) is 0 Å². The van der Waals surface area contributed by atoms with Crippen LogP contribution < -0.4 is 0 Å². The number of carbonyl (C=O) groups excluding carboxylic acids is 1. The third-order valence-electron chi connectivity index (χ3n) is 1.36. The van der Waals surface area contributed by atoms with Crippen LogP contribution in [0.4, 0.5) is 0 Å². The Morgan fingerprint density at radius 3 is 2.18 bits per heavy atom. The number of aliphatic carboxylic acids is 1. The highest BCUT2D eigenvalue weighted by atomic mass is 16.6. The first kappa shape index (κ1) is 7.96. The van der Waals surface area contributed by atoms with E-state index in [9.17, 15) is 9.59 Å². The summed E-state index contributed by atoms with van der Waals surface area (Å²) in [5, 5.41) is 25.8. The fourth-order valence-corrected chi connectivity index (χ4v) is 0.766. The first-order chi connectivity index (χ1) is 5.04. The van der Waals surface area contributed by atoms with E-state index < -0.39 is 30.3 Å². The van der Waals surface area contributed by atoms with Crippen molar-refractivity contribution < 1.29 is 29.6 Å². The molecule has 0 aromatic rings. The van der Waals surface area contributed by atoms with E-state index in [1.807, 2.05) is 0 Å². The van der Waals surface area contributed by atoms with Gasteiger partial charge in [-0.1, -0.05) is 0 Å². The molecule has 1 rings (SSSR count). The smallest absolute Gasteiger partial charge is 0.347 e. The van der Waals surface area contributed by atoms with Gasteiger partial charge in [0.15, 0.2) is 6.10 Å². The van der Waals surface area contributed by atoms with Crippen LogP contribution in [0, 0.1) is 0 Å². The standard InChI is InChI=1S/C5H6O6/c6-1-2(7)5(10)11-3(1)4(8)9/h1-3,6-7H,(H,8,9)/t1-,2-,3-/m0/s1. The summed E-state index contributed by atoms with van der Waals surface area (Å²) in [7, 11) is 0. The number of carboxylic acids is 1. The van der Waals surface area contributed by atoms with Gasteiger partial charge in [-0.2, -0.15) is 0 Å². The van der Waals surface area contributed by atoms with Crippen molar-refractivity contribution in [3.05, 3.63) is 0 Å². The first-order valence-corrected chi connectivity index (χ1v) is 2.83. The van der Waals surface area contributed by atoms with Gasteiger partial charge in [0.05, 0.1) is 0 Å². The van der Waals surface area contributed by atoms with Crippen LogP contribution >= 0.6 is 0 Å². The van der Waals surface area contributed by atoms with Crippen LogP contribution in [0.25, 0.3) is 0 Å². The van der Waals surface area contributed by atoms with Gasteiger partial charge in [0.25, 0.3) is 0 Å². The predicted octanol–water partition coefficient (Wildman–Crippen LogP) is -2.28. The molecule has 0 unspecified atom stereocenters. The molecular weight excluding hydrogens is 156 g/mol. The van der Waals surface area contributed by atoms with Crippen molar-refractivity contribution in [3.63, 3.8) is 0 Å². The fraction of sp³-hybridized carbons (Fsp3) is 0.600. The van der Waals surface area contributed by atoms with Crippen molar-refractivity contribution >= 4 is 11.9 Å². The lowest BCUT2D eigenvalue weighted by Gasteiger charge is -2.06. The van der Waals surface area contributed by atoms with Crippen LogP contribution in [0.1, 0.15) is 0 Å². The highest BCUT2D eigenvalue weighted by Gasteiger charge is 2.46. The number of hydrogen-bond acceptors (Lipinski definition) is 5. The zero-order valence-corrected chi connectivity index (χ0v) is 5.30. The van der Waals surface area contributed by atoms with E-state index in [0.717, 1.165) is 0 Å². The van der Waals surface area contributed by atoms with Crippen molar-refractivity contribution in [2.45, 2.75) is 18.3 Å². The average molecular weight is 162 g/mol. The van der Waals surface area contributed by atoms with E-state index in [1.165, 1.54) is 0 Å². The van der Waals surface area contributed by atoms with Gasteiger partial charge in [0, 0.05) is 0 Å². The van der Waals surface area contributed by atoms with Crippen LogP contribution in [-0.2, 0) is 14.3 Å². The lowest BCUT2D eigenvalue weighted by atomic mass is 10.1. The molecule has 0 radical (unpaired) electrons. The minimum Gasteiger partial charge on any atom is -0.478 e. The Hall–Kier alpha value is -1.14. The van der Waals surface area contributed by atoms with Crippen molar-refractivity contribution in [1.29, 1.82) is 0 Å². The monoisotopic (exact) mass is 162 g/mol. The Kier molecular flexibility index (Phi) is 1.79. The molecule has 0 saturated carbocycles. The van der Waals surface area contributed by atoms with Gasteiger partial charge in [0.1, 0.15) is 6.10 Å². The van der Waals surface area contributed by atoms with E-state index in [-0.39, 0.29) is 0 Å². The second-order valence-electron chi connectivity index (χ2n) is 2.13. The minimum absolute atomic E-state index is 1.11. The van der Waals surface area contributed by atoms with E-state index >= 15 is 0 Å². The predicted molar refractivity (Wildman–Crippen MR) is 29.5 cm³/mol. The van der Waals surface area contributed by atoms with Gasteiger partial charge in [-0.25, -0.2) is 9.59 Å². The maximum absolute atomic E-state index is 10.4. The zero-order valence-electron chi connectivity index (χ0n) is 5.30. The molecule has 1 fully saturated rings. The van der Waals surface area contributed by atoms with Gasteiger partial charge >= 0.3 is 11.9 Å². The molecule has 0 bridgehead atoms. The van der Waals surface area contributed by atoms with Crippen LogP contribution in [0.3, 0.4) is 0 Å². The van der Waals surface area contributed by atoms with Gasteiger partial charge < -0.3 is 20.1 Å². The summed E-state index contributed by atoms with van der Waals surface area (Å²) in [6.45, 7) is 0. The highest BCUT2D eigenvalue weighted by Crippen LogP contribution is 2.15. The van der Waals surface area contributed by atoms with Crippen molar-refractivity contribution in [1.82, 2.24) is 0 Å². The number of esters is 1. The van der Waals surface area contributed by atoms with Crippen LogP contribution in [-0.4, -0.2) is 45.6 Å². The van der Waals surface area contributed by atoms with Crippen LogP contribution in [0.2, 0.25) is 0 Å². The van der Waals surface area contributed by atoms with E-state index in [2.05, 4.69) is 4.74 Å². The van der Waals surface area contributed by atoms with Crippen LogP contribution in [0.15, 0.2) is 0 Å². The number of aliphatic hydroxyl groups is 2. The number of aliphatic hydroxyl groups excluding tert-OH is 2. The van der Waals surface area contributed by atoms with Crippen molar-refractivity contribution in [2.24, 2.45) is 0 Å². The Morgan fingerprint density at radius 2 is 2.00 bits per heavy atom. The first-order valence-electron chi connectivity index (χ1n) is 2.83. The zero-order chi connectivity index (χ0) is 8.59. The summed E-state index contributed by atoms with van der Waals surface area (Å²) < 4.78 is 4.11. The Bertz CT molecular complexity index is 199. The molecule has 0 aliphatic carbocycles. The molecule has 0 spiro atoms. The molecule has 1 heterocycles. The highest BCUT2D eigenvalue weighted by molar-refractivity contribution is 5.85. The molecule has 6 heteroatoms. The molecule has 0 amide bonds. The summed E-state index contributed by atoms with van der Waals surface area (Å²) in [5.41, 5.74) is 0. The second-order valence-corrected chi connectivity index (χ2v) is 2.13. The van der Waals surface area contributed by atoms with Crippen molar-refractivity contribution in [2.75, 3.05) is 0 Å². The largest absolute Gasteiger partial charge is 0.478 e. The Balaban J connectivity index is 2.74. The lowest BCUT2D eigenvalue weighted by molar-refractivity contribution is -0.159. The topological polar surface area (TPSA) is 104 Å². The number of carboxylic acid groups (broad SMARTS) is 1. The average Bonchev–Trinajstić information content (AvgIpc) is 2.17. The Labute approximate surface area is 61.0 Å². The molecule has 62 valence electrons. The van der Waals surface area contributed by atoms with Gasteiger partial charge in [-0.05, 0) is 0 Å². The number of hydrogen-bond donors (Lipinski definition) is 3. The summed E-state index contributed by atoms with van der Waals surface area (Å²) in [4.78, 5) is 20.6. The van der Waals surface area contributed by atoms with E-state index in [4.69, 9.17) is 15.3 Å². The maximum Gasteiger partial charge on any atom is 0.347 e. The van der Waals surface area contributed by atoms with Gasteiger partial charge in [-0.15, -0.1) is 0 Å². The number of carbonyl (C=O) groups is 2. The molecule has 0 aromatic carbocycles. The molecule has 11 heavy (non-hydrogen) atoms. The molecule has 6 nitrogen and oxygen atoms in total. The molecule has 1 aliphatic rings. The molecular formula is C5H6O6. The van der Waals surface area contributed by atoms with E-state index in [0.29, 0.717) is 0 Å². The Morgan fingerprint density at radius 1 is 1.45 bits per heavy atom. The minimum atomic E-state index is -1.74. The molecule has 3 N–H and O–H groups in total. The van der Waals surface area contributed by atoms with Gasteiger partial charge in [0.2, 0.25) is 6.10 Å². The molecule has 0 aromatic heterocycles. The molecule has 1 saturated heterocycles. The number of cyclic esters (lactones) is 1. The molecule has 3 atom stereocenters. The fourth-order valence-electron chi connectivity index (χ4n) is 0.766. The van der Waals surface area contributed by atoms with Crippen molar-refractivity contribution in [3.8, 4) is 0 Å².